The Morgan fingerprint density at radius 2 is 2.10 bits per heavy atom. The Morgan fingerprint density at radius 3 is 2.67 bits per heavy atom. The minimum Gasteiger partial charge on any atom is -0.444 e. The molecule has 4 nitrogen and oxygen atoms in total. The van der Waals surface area contributed by atoms with E-state index >= 15 is 0 Å². The van der Waals surface area contributed by atoms with Gasteiger partial charge in [0, 0.05) is 12.6 Å². The van der Waals surface area contributed by atoms with Crippen molar-refractivity contribution in [3.63, 3.8) is 0 Å². The number of alkyl halides is 2. The first-order chi connectivity index (χ1) is 9.57. The van der Waals surface area contributed by atoms with E-state index < -0.39 is 42.4 Å². The molecule has 116 valence electrons. The molecule has 1 saturated heterocycles. The average molecular weight is 302 g/mol. The fourth-order valence-corrected chi connectivity index (χ4v) is 2.24. The monoisotopic (exact) mass is 302 g/mol. The molecule has 0 radical (unpaired) electrons. The Balaban J connectivity index is 2.27. The molecule has 0 bridgehead atoms. The minimum absolute atomic E-state index is 0.234. The maximum Gasteiger partial charge on any atom is 0.411 e. The molecule has 0 saturated carbocycles. The molecule has 2 rings (SSSR count). The molecule has 1 aromatic rings. The summed E-state index contributed by atoms with van der Waals surface area (Å²) in [5.41, 5.74) is -0.558. The zero-order valence-corrected chi connectivity index (χ0v) is 12.1. The fraction of sp³-hybridized carbons (Fsp3) is 0.571. The Bertz CT molecular complexity index is 543. The number of rotatable bonds is 1. The highest BCUT2D eigenvalue weighted by Crippen LogP contribution is 2.41. The molecule has 0 spiro atoms. The van der Waals surface area contributed by atoms with Crippen LogP contribution in [0.1, 0.15) is 38.8 Å². The lowest BCUT2D eigenvalue weighted by Crippen LogP contribution is -2.37. The van der Waals surface area contributed by atoms with Crippen molar-refractivity contribution < 1.29 is 22.7 Å². The Morgan fingerprint density at radius 1 is 1.43 bits per heavy atom. The van der Waals surface area contributed by atoms with Gasteiger partial charge in [-0.3, -0.25) is 9.88 Å². The molecule has 1 amide bonds. The summed E-state index contributed by atoms with van der Waals surface area (Å²) in [5.74, 6) is -3.67. The molecule has 0 aromatic carbocycles. The molecule has 1 aliphatic rings. The van der Waals surface area contributed by atoms with Crippen molar-refractivity contribution in [1.29, 1.82) is 0 Å². The van der Waals surface area contributed by atoms with Crippen LogP contribution in [-0.4, -0.2) is 34.0 Å². The summed E-state index contributed by atoms with van der Waals surface area (Å²) < 4.78 is 45.7. The van der Waals surface area contributed by atoms with Gasteiger partial charge in [0.25, 0.3) is 5.92 Å². The molecular formula is C14H17F3N2O2. The molecule has 0 aliphatic carbocycles. The first-order valence-corrected chi connectivity index (χ1v) is 6.55. The van der Waals surface area contributed by atoms with Gasteiger partial charge in [0.05, 0.1) is 18.8 Å². The van der Waals surface area contributed by atoms with Gasteiger partial charge in [0.15, 0.2) is 0 Å². The van der Waals surface area contributed by atoms with Crippen molar-refractivity contribution in [3.05, 3.63) is 29.8 Å². The Kier molecular flexibility index (Phi) is 3.86. The number of hydrogen-bond donors (Lipinski definition) is 0. The number of carbonyl (C=O) groups excluding carboxylic acids is 1. The number of pyridine rings is 1. The molecule has 0 unspecified atom stereocenters. The second-order valence-electron chi connectivity index (χ2n) is 6.12. The van der Waals surface area contributed by atoms with Crippen LogP contribution in [0, 0.1) is 5.82 Å². The van der Waals surface area contributed by atoms with Gasteiger partial charge in [0.1, 0.15) is 11.4 Å². The van der Waals surface area contributed by atoms with Crippen LogP contribution >= 0.6 is 0 Å². The second-order valence-corrected chi connectivity index (χ2v) is 6.12. The number of aromatic nitrogens is 1. The van der Waals surface area contributed by atoms with E-state index in [0.717, 1.165) is 17.2 Å². The maximum atomic E-state index is 13.7. The lowest BCUT2D eigenvalue weighted by molar-refractivity contribution is -0.00243. The third kappa shape index (κ3) is 3.86. The smallest absolute Gasteiger partial charge is 0.411 e. The van der Waals surface area contributed by atoms with Crippen LogP contribution < -0.4 is 0 Å². The van der Waals surface area contributed by atoms with Gasteiger partial charge in [-0.25, -0.2) is 18.0 Å². The van der Waals surface area contributed by atoms with Crippen LogP contribution in [0.25, 0.3) is 0 Å². The first kappa shape index (κ1) is 15.6. The lowest BCUT2D eigenvalue weighted by Gasteiger charge is -2.28. The van der Waals surface area contributed by atoms with E-state index in [-0.39, 0.29) is 5.56 Å². The Hall–Kier alpha value is -1.79. The van der Waals surface area contributed by atoms with Crippen LogP contribution in [0.3, 0.4) is 0 Å². The van der Waals surface area contributed by atoms with Crippen molar-refractivity contribution in [1.82, 2.24) is 9.88 Å². The van der Waals surface area contributed by atoms with Crippen LogP contribution in [0.2, 0.25) is 0 Å². The number of carbonyl (C=O) groups is 1. The predicted molar refractivity (Wildman–Crippen MR) is 69.4 cm³/mol. The van der Waals surface area contributed by atoms with Gasteiger partial charge in [-0.15, -0.1) is 0 Å². The van der Waals surface area contributed by atoms with Gasteiger partial charge in [-0.2, -0.15) is 0 Å². The van der Waals surface area contributed by atoms with E-state index in [9.17, 15) is 18.0 Å². The van der Waals surface area contributed by atoms with Gasteiger partial charge in [0.2, 0.25) is 0 Å². The van der Waals surface area contributed by atoms with Gasteiger partial charge in [-0.05, 0) is 32.4 Å². The number of halogens is 3. The molecule has 21 heavy (non-hydrogen) atoms. The SMILES string of the molecule is CC(C)(C)OC(=O)N1CC(F)(F)C[C@@H]1c1cncc(F)c1. The van der Waals surface area contributed by atoms with Crippen molar-refractivity contribution in [2.45, 2.75) is 44.8 Å². The van der Waals surface area contributed by atoms with Gasteiger partial charge >= 0.3 is 6.09 Å². The standard InChI is InChI=1S/C14H17F3N2O2/c1-13(2,3)21-12(20)19-8-14(16,17)5-11(19)9-4-10(15)7-18-6-9/h4,6-7,11H,5,8H2,1-3H3/t11-/m1/s1. The third-order valence-corrected chi connectivity index (χ3v) is 3.01. The van der Waals surface area contributed by atoms with Crippen LogP contribution in [0.4, 0.5) is 18.0 Å². The van der Waals surface area contributed by atoms with Crippen molar-refractivity contribution >= 4 is 6.09 Å². The molecule has 2 heterocycles. The summed E-state index contributed by atoms with van der Waals surface area (Å²) in [6.45, 7) is 4.21. The number of nitrogens with zero attached hydrogens (tertiary/aromatic N) is 2. The number of likely N-dealkylation sites (tertiary alicyclic amines) is 1. The summed E-state index contributed by atoms with van der Waals surface area (Å²) in [7, 11) is 0. The molecule has 1 aromatic heterocycles. The maximum absolute atomic E-state index is 13.7. The normalized spacial score (nSPS) is 21.4. The highest BCUT2D eigenvalue weighted by molar-refractivity contribution is 5.69. The van der Waals surface area contributed by atoms with Gasteiger partial charge < -0.3 is 4.74 Å². The van der Waals surface area contributed by atoms with E-state index in [1.54, 1.807) is 20.8 Å². The molecule has 1 aliphatic heterocycles. The topological polar surface area (TPSA) is 42.4 Å². The zero-order valence-electron chi connectivity index (χ0n) is 12.1. The quantitative estimate of drug-likeness (QED) is 0.797. The molecule has 1 atom stereocenters. The summed E-state index contributed by atoms with van der Waals surface area (Å²) in [5, 5.41) is 0. The predicted octanol–water partition coefficient (Wildman–Crippen LogP) is 3.54. The van der Waals surface area contributed by atoms with Crippen molar-refractivity contribution in [2.75, 3.05) is 6.54 Å². The molecule has 7 heteroatoms. The first-order valence-electron chi connectivity index (χ1n) is 6.55. The summed E-state index contributed by atoms with van der Waals surface area (Å²) in [4.78, 5) is 16.7. The largest absolute Gasteiger partial charge is 0.444 e. The molecule has 1 fully saturated rings. The van der Waals surface area contributed by atoms with Crippen molar-refractivity contribution in [3.8, 4) is 0 Å². The number of ether oxygens (including phenoxy) is 1. The van der Waals surface area contributed by atoms with E-state index in [2.05, 4.69) is 4.98 Å². The summed E-state index contributed by atoms with van der Waals surface area (Å²) in [6.07, 6.45) is 0.854. The highest BCUT2D eigenvalue weighted by atomic mass is 19.3. The van der Waals surface area contributed by atoms with E-state index in [0.29, 0.717) is 0 Å². The fourth-order valence-electron chi connectivity index (χ4n) is 2.24. The summed E-state index contributed by atoms with van der Waals surface area (Å²) in [6, 6.07) is 0.161. The van der Waals surface area contributed by atoms with Crippen LogP contribution in [-0.2, 0) is 4.74 Å². The number of amides is 1. The zero-order chi connectivity index (χ0) is 15.8. The van der Waals surface area contributed by atoms with E-state index in [1.165, 1.54) is 6.20 Å². The lowest BCUT2D eigenvalue weighted by atomic mass is 10.1. The Labute approximate surface area is 120 Å². The minimum atomic E-state index is -3.03. The van der Waals surface area contributed by atoms with Crippen molar-refractivity contribution in [2.24, 2.45) is 0 Å². The highest BCUT2D eigenvalue weighted by Gasteiger charge is 2.48. The van der Waals surface area contributed by atoms with E-state index in [4.69, 9.17) is 4.74 Å². The summed E-state index contributed by atoms with van der Waals surface area (Å²) >= 11 is 0. The number of hydrogen-bond acceptors (Lipinski definition) is 3. The second kappa shape index (κ2) is 5.20. The average Bonchev–Trinajstić information content (AvgIpc) is 2.63. The van der Waals surface area contributed by atoms with E-state index in [1.807, 2.05) is 0 Å². The molecule has 0 N–H and O–H groups in total. The molecular weight excluding hydrogens is 285 g/mol. The third-order valence-electron chi connectivity index (χ3n) is 3.01. The van der Waals surface area contributed by atoms with Crippen LogP contribution in [0.15, 0.2) is 18.5 Å². The van der Waals surface area contributed by atoms with Crippen LogP contribution in [0.5, 0.6) is 0 Å². The van der Waals surface area contributed by atoms with Gasteiger partial charge in [-0.1, -0.05) is 0 Å².